The standard InChI is InChI=1S/C41H55F/c1-8-12-14-31(10-3)27-41(28-32(11-4)15-13-9-2)39-25-34(29(5)6)18-22-37(39)38-23-19-35(26-40(38)41)30(7)24-33-16-20-36(42)21-17-33/h16-26,29,31-32H,8-15,27-28H2,1-7H3/b30-24-. The predicted molar refractivity (Wildman–Crippen MR) is 183 cm³/mol. The summed E-state index contributed by atoms with van der Waals surface area (Å²) in [5, 5.41) is 0. The van der Waals surface area contributed by atoms with Crippen molar-refractivity contribution in [2.24, 2.45) is 11.8 Å². The Kier molecular flexibility index (Phi) is 11.3. The van der Waals surface area contributed by atoms with E-state index in [4.69, 9.17) is 0 Å². The van der Waals surface area contributed by atoms with Crippen molar-refractivity contribution in [3.8, 4) is 11.1 Å². The molecule has 0 nitrogen and oxygen atoms in total. The zero-order valence-corrected chi connectivity index (χ0v) is 27.5. The van der Waals surface area contributed by atoms with Crippen molar-refractivity contribution < 1.29 is 4.39 Å². The summed E-state index contributed by atoms with van der Waals surface area (Å²) in [5.41, 5.74) is 11.1. The van der Waals surface area contributed by atoms with Gasteiger partial charge >= 0.3 is 0 Å². The molecule has 1 aliphatic carbocycles. The van der Waals surface area contributed by atoms with Crippen LogP contribution in [0.3, 0.4) is 0 Å². The van der Waals surface area contributed by atoms with E-state index in [1.807, 2.05) is 12.1 Å². The normalized spacial score (nSPS) is 17.8. The van der Waals surface area contributed by atoms with E-state index < -0.39 is 0 Å². The summed E-state index contributed by atoms with van der Waals surface area (Å²) in [5.74, 6) is 1.76. The molecule has 2 unspecified atom stereocenters. The van der Waals surface area contributed by atoms with Crippen molar-refractivity contribution in [2.45, 2.75) is 124 Å². The minimum atomic E-state index is -0.187. The fraction of sp³-hybridized carbons (Fsp3) is 0.512. The van der Waals surface area contributed by atoms with Crippen molar-refractivity contribution in [3.05, 3.63) is 94.3 Å². The van der Waals surface area contributed by atoms with E-state index in [1.54, 1.807) is 23.3 Å². The lowest BCUT2D eigenvalue weighted by Gasteiger charge is -2.39. The highest BCUT2D eigenvalue weighted by Crippen LogP contribution is 2.57. The fourth-order valence-corrected chi connectivity index (χ4v) is 7.40. The molecule has 0 amide bonds. The van der Waals surface area contributed by atoms with Gasteiger partial charge in [0.2, 0.25) is 0 Å². The first-order valence-electron chi connectivity index (χ1n) is 17.0. The molecule has 0 saturated heterocycles. The summed E-state index contributed by atoms with van der Waals surface area (Å²) < 4.78 is 13.6. The SMILES string of the molecule is CCCCC(CC)CC1(CC(CC)CCCC)c2cc(/C(C)=C\c3ccc(F)cc3)ccc2-c2ccc(C(C)C)cc21. The average molecular weight is 567 g/mol. The van der Waals surface area contributed by atoms with Gasteiger partial charge < -0.3 is 0 Å². The lowest BCUT2D eigenvalue weighted by Crippen LogP contribution is -2.32. The third-order valence-corrected chi connectivity index (χ3v) is 10.1. The van der Waals surface area contributed by atoms with Gasteiger partial charge in [-0.3, -0.25) is 0 Å². The van der Waals surface area contributed by atoms with Crippen LogP contribution in [0.5, 0.6) is 0 Å². The van der Waals surface area contributed by atoms with Gasteiger partial charge in [0.15, 0.2) is 0 Å². The number of hydrogen-bond acceptors (Lipinski definition) is 0. The van der Waals surface area contributed by atoms with Crippen molar-refractivity contribution in [1.82, 2.24) is 0 Å². The smallest absolute Gasteiger partial charge is 0.123 e. The predicted octanol–water partition coefficient (Wildman–Crippen LogP) is 13.0. The first-order chi connectivity index (χ1) is 20.3. The molecule has 0 heterocycles. The molecular formula is C41H55F. The second-order valence-corrected chi connectivity index (χ2v) is 13.4. The Morgan fingerprint density at radius 3 is 1.81 bits per heavy atom. The largest absolute Gasteiger partial charge is 0.207 e. The number of allylic oxidation sites excluding steroid dienone is 1. The Bertz CT molecular complexity index is 1310. The second kappa shape index (κ2) is 14.7. The maximum Gasteiger partial charge on any atom is 0.123 e. The van der Waals surface area contributed by atoms with Crippen LogP contribution < -0.4 is 0 Å². The summed E-state index contributed by atoms with van der Waals surface area (Å²) in [6, 6.07) is 21.5. The van der Waals surface area contributed by atoms with Gasteiger partial charge in [-0.25, -0.2) is 4.39 Å². The minimum absolute atomic E-state index is 0.0323. The molecule has 3 aromatic rings. The molecule has 42 heavy (non-hydrogen) atoms. The van der Waals surface area contributed by atoms with E-state index in [0.29, 0.717) is 5.92 Å². The highest BCUT2D eigenvalue weighted by atomic mass is 19.1. The molecule has 3 aromatic carbocycles. The maximum atomic E-state index is 13.6. The van der Waals surface area contributed by atoms with Crippen molar-refractivity contribution >= 4 is 11.6 Å². The molecule has 226 valence electrons. The topological polar surface area (TPSA) is 0 Å². The Hall–Kier alpha value is -2.67. The average Bonchev–Trinajstić information content (AvgIpc) is 3.26. The molecule has 0 radical (unpaired) electrons. The number of benzene rings is 3. The van der Waals surface area contributed by atoms with Crippen LogP contribution in [-0.4, -0.2) is 0 Å². The van der Waals surface area contributed by atoms with Gasteiger partial charge in [-0.1, -0.05) is 141 Å². The third-order valence-electron chi connectivity index (χ3n) is 10.1. The molecule has 0 N–H and O–H groups in total. The maximum absolute atomic E-state index is 13.6. The zero-order valence-electron chi connectivity index (χ0n) is 27.5. The summed E-state index contributed by atoms with van der Waals surface area (Å²) in [6.07, 6.45) is 14.9. The molecule has 0 bridgehead atoms. The van der Waals surface area contributed by atoms with Gasteiger partial charge in [0.1, 0.15) is 5.82 Å². The molecule has 1 aliphatic rings. The van der Waals surface area contributed by atoms with Crippen molar-refractivity contribution in [3.63, 3.8) is 0 Å². The Morgan fingerprint density at radius 1 is 0.738 bits per heavy atom. The van der Waals surface area contributed by atoms with E-state index in [2.05, 4.69) is 90.9 Å². The lowest BCUT2D eigenvalue weighted by atomic mass is 9.64. The second-order valence-electron chi connectivity index (χ2n) is 13.4. The monoisotopic (exact) mass is 566 g/mol. The molecule has 0 aromatic heterocycles. The van der Waals surface area contributed by atoms with Crippen LogP contribution in [0.2, 0.25) is 0 Å². The van der Waals surface area contributed by atoms with Gasteiger partial charge in [-0.2, -0.15) is 0 Å². The van der Waals surface area contributed by atoms with Crippen molar-refractivity contribution in [1.29, 1.82) is 0 Å². The van der Waals surface area contributed by atoms with Crippen LogP contribution in [0.1, 0.15) is 146 Å². The molecule has 4 rings (SSSR count). The number of fused-ring (bicyclic) bond motifs is 3. The molecule has 1 heteroatoms. The first-order valence-corrected chi connectivity index (χ1v) is 17.0. The van der Waals surface area contributed by atoms with E-state index in [1.165, 1.54) is 92.0 Å². The Labute approximate surface area is 256 Å². The summed E-state index contributed by atoms with van der Waals surface area (Å²) in [4.78, 5) is 0. The highest BCUT2D eigenvalue weighted by molar-refractivity contribution is 5.86. The van der Waals surface area contributed by atoms with Gasteiger partial charge in [-0.15, -0.1) is 0 Å². The fourth-order valence-electron chi connectivity index (χ4n) is 7.40. The third kappa shape index (κ3) is 7.10. The molecular weight excluding hydrogens is 511 g/mol. The van der Waals surface area contributed by atoms with Crippen LogP contribution in [0, 0.1) is 17.7 Å². The van der Waals surface area contributed by atoms with E-state index in [0.717, 1.165) is 17.4 Å². The number of unbranched alkanes of at least 4 members (excludes halogenated alkanes) is 2. The molecule has 2 atom stereocenters. The summed E-state index contributed by atoms with van der Waals surface area (Å²) in [6.45, 7) is 16.4. The Morgan fingerprint density at radius 2 is 1.29 bits per heavy atom. The van der Waals surface area contributed by atoms with Crippen LogP contribution in [0.4, 0.5) is 4.39 Å². The highest BCUT2D eigenvalue weighted by Gasteiger charge is 2.45. The van der Waals surface area contributed by atoms with E-state index in [-0.39, 0.29) is 11.2 Å². The van der Waals surface area contributed by atoms with Crippen LogP contribution >= 0.6 is 0 Å². The minimum Gasteiger partial charge on any atom is -0.207 e. The quantitative estimate of drug-likeness (QED) is 0.160. The summed E-state index contributed by atoms with van der Waals surface area (Å²) in [7, 11) is 0. The van der Waals surface area contributed by atoms with Crippen molar-refractivity contribution in [2.75, 3.05) is 0 Å². The number of halogens is 1. The van der Waals surface area contributed by atoms with E-state index in [9.17, 15) is 4.39 Å². The van der Waals surface area contributed by atoms with E-state index >= 15 is 0 Å². The zero-order chi connectivity index (χ0) is 30.3. The summed E-state index contributed by atoms with van der Waals surface area (Å²) >= 11 is 0. The number of hydrogen-bond donors (Lipinski definition) is 0. The van der Waals surface area contributed by atoms with Gasteiger partial charge in [0.05, 0.1) is 0 Å². The van der Waals surface area contributed by atoms with Gasteiger partial charge in [0.25, 0.3) is 0 Å². The number of rotatable bonds is 15. The lowest BCUT2D eigenvalue weighted by molar-refractivity contribution is 0.266. The van der Waals surface area contributed by atoms with Crippen LogP contribution in [0.25, 0.3) is 22.8 Å². The molecule has 0 spiro atoms. The first kappa shape index (κ1) is 32.2. The molecule has 0 saturated carbocycles. The molecule has 0 fully saturated rings. The molecule has 0 aliphatic heterocycles. The van der Waals surface area contributed by atoms with Crippen LogP contribution in [0.15, 0.2) is 60.7 Å². The Balaban J connectivity index is 1.92. The van der Waals surface area contributed by atoms with Crippen LogP contribution in [-0.2, 0) is 5.41 Å². The van der Waals surface area contributed by atoms with Gasteiger partial charge in [-0.05, 0) is 100 Å². The van der Waals surface area contributed by atoms with Gasteiger partial charge in [0, 0.05) is 5.41 Å².